The van der Waals surface area contributed by atoms with Crippen LogP contribution >= 0.6 is 0 Å². The largest absolute Gasteiger partial charge is 0.312 e. The van der Waals surface area contributed by atoms with Crippen LogP contribution in [0.25, 0.3) is 28.1 Å². The summed E-state index contributed by atoms with van der Waals surface area (Å²) >= 11 is 0. The van der Waals surface area contributed by atoms with Crippen LogP contribution in [-0.4, -0.2) is 29.1 Å². The fourth-order valence-electron chi connectivity index (χ4n) is 3.62. The lowest BCUT2D eigenvalue weighted by Crippen LogP contribution is -2.23. The molecule has 0 unspecified atom stereocenters. The van der Waals surface area contributed by atoms with Crippen LogP contribution in [0.3, 0.4) is 0 Å². The number of hydrogen-bond donors (Lipinski definition) is 0. The van der Waals surface area contributed by atoms with Crippen LogP contribution in [0.1, 0.15) is 31.7 Å². The van der Waals surface area contributed by atoms with Crippen molar-refractivity contribution in [2.45, 2.75) is 31.7 Å². The van der Waals surface area contributed by atoms with Gasteiger partial charge in [-0.3, -0.25) is 9.78 Å². The summed E-state index contributed by atoms with van der Waals surface area (Å²) < 4.78 is 3.49. The summed E-state index contributed by atoms with van der Waals surface area (Å²) in [6.45, 7) is 0. The number of fused-ring (bicyclic) bond motifs is 3. The molecule has 0 aliphatic heterocycles. The first kappa shape index (κ1) is 14.3. The standard InChI is InChI=1S/C18H16N6O/c25-17-14-11-20-18-21-16(12-4-3-8-19-10-12)22-24(18)15(14)7-9-23(17)13-5-1-2-6-13/h3-4,7-11,13H,1-2,5-6H2. The van der Waals surface area contributed by atoms with Gasteiger partial charge in [-0.05, 0) is 31.0 Å². The van der Waals surface area contributed by atoms with Crippen LogP contribution in [0.5, 0.6) is 0 Å². The zero-order chi connectivity index (χ0) is 16.8. The Kier molecular flexibility index (Phi) is 3.12. The normalized spacial score (nSPS) is 15.4. The molecule has 0 radical (unpaired) electrons. The van der Waals surface area contributed by atoms with Crippen molar-refractivity contribution < 1.29 is 0 Å². The molecule has 0 bridgehead atoms. The summed E-state index contributed by atoms with van der Waals surface area (Å²) in [5.74, 6) is 1.03. The third kappa shape index (κ3) is 2.23. The molecular weight excluding hydrogens is 316 g/mol. The fourth-order valence-corrected chi connectivity index (χ4v) is 3.62. The van der Waals surface area contributed by atoms with E-state index in [9.17, 15) is 4.79 Å². The molecule has 0 N–H and O–H groups in total. The second kappa shape index (κ2) is 5.47. The molecule has 4 aromatic rings. The second-order valence-corrected chi connectivity index (χ2v) is 6.41. The lowest BCUT2D eigenvalue weighted by atomic mass is 10.2. The molecule has 0 spiro atoms. The third-order valence-electron chi connectivity index (χ3n) is 4.90. The first-order valence-electron chi connectivity index (χ1n) is 8.48. The Morgan fingerprint density at radius 1 is 1.12 bits per heavy atom. The van der Waals surface area contributed by atoms with E-state index in [1.54, 1.807) is 23.1 Å². The Morgan fingerprint density at radius 2 is 2.00 bits per heavy atom. The number of aromatic nitrogens is 6. The van der Waals surface area contributed by atoms with E-state index in [1.807, 2.05) is 29.0 Å². The smallest absolute Gasteiger partial charge is 0.261 e. The van der Waals surface area contributed by atoms with Gasteiger partial charge >= 0.3 is 0 Å². The molecule has 0 amide bonds. The molecule has 0 saturated heterocycles. The Bertz CT molecular complexity index is 1120. The highest BCUT2D eigenvalue weighted by atomic mass is 16.1. The molecule has 1 saturated carbocycles. The molecule has 1 aliphatic rings. The SMILES string of the molecule is O=c1c2cnc3nc(-c4cccnc4)nn3c2ccn1C1CCCC1. The summed E-state index contributed by atoms with van der Waals surface area (Å²) in [5, 5.41) is 5.11. The number of rotatable bonds is 2. The molecule has 5 rings (SSSR count). The molecule has 124 valence electrons. The van der Waals surface area contributed by atoms with Crippen molar-refractivity contribution in [3.63, 3.8) is 0 Å². The van der Waals surface area contributed by atoms with E-state index >= 15 is 0 Å². The van der Waals surface area contributed by atoms with E-state index < -0.39 is 0 Å². The van der Waals surface area contributed by atoms with Crippen LogP contribution in [0, 0.1) is 0 Å². The van der Waals surface area contributed by atoms with Crippen LogP contribution in [0.2, 0.25) is 0 Å². The zero-order valence-corrected chi connectivity index (χ0v) is 13.5. The van der Waals surface area contributed by atoms with Crippen LogP contribution in [-0.2, 0) is 0 Å². The molecule has 0 aromatic carbocycles. The zero-order valence-electron chi connectivity index (χ0n) is 13.5. The van der Waals surface area contributed by atoms with Gasteiger partial charge in [0.25, 0.3) is 11.3 Å². The Morgan fingerprint density at radius 3 is 2.80 bits per heavy atom. The number of nitrogens with zero attached hydrogens (tertiary/aromatic N) is 6. The minimum atomic E-state index is -0.00257. The van der Waals surface area contributed by atoms with Crippen molar-refractivity contribution in [3.8, 4) is 11.4 Å². The van der Waals surface area contributed by atoms with E-state index in [4.69, 9.17) is 0 Å². The van der Waals surface area contributed by atoms with E-state index in [0.29, 0.717) is 23.0 Å². The fraction of sp³-hybridized carbons (Fsp3) is 0.278. The van der Waals surface area contributed by atoms with E-state index in [0.717, 1.165) is 23.9 Å². The predicted octanol–water partition coefficient (Wildman–Crippen LogP) is 2.62. The second-order valence-electron chi connectivity index (χ2n) is 6.41. The van der Waals surface area contributed by atoms with Crippen molar-refractivity contribution in [2.24, 2.45) is 0 Å². The highest BCUT2D eigenvalue weighted by Crippen LogP contribution is 2.28. The van der Waals surface area contributed by atoms with Gasteiger partial charge in [-0.15, -0.1) is 5.10 Å². The average Bonchev–Trinajstić information content (AvgIpc) is 3.32. The Balaban J connectivity index is 1.71. The summed E-state index contributed by atoms with van der Waals surface area (Å²) in [6.07, 6.45) is 11.4. The maximum Gasteiger partial charge on any atom is 0.261 e. The van der Waals surface area contributed by atoms with Crippen LogP contribution in [0.15, 0.2) is 47.8 Å². The summed E-state index contributed by atoms with van der Waals surface area (Å²) in [7, 11) is 0. The van der Waals surface area contributed by atoms with Crippen LogP contribution < -0.4 is 5.56 Å². The van der Waals surface area contributed by atoms with E-state index in [2.05, 4.69) is 20.1 Å². The van der Waals surface area contributed by atoms with Gasteiger partial charge < -0.3 is 4.57 Å². The van der Waals surface area contributed by atoms with Gasteiger partial charge in [-0.25, -0.2) is 4.98 Å². The first-order chi connectivity index (χ1) is 12.3. The third-order valence-corrected chi connectivity index (χ3v) is 4.90. The van der Waals surface area contributed by atoms with E-state index in [1.165, 1.54) is 12.8 Å². The van der Waals surface area contributed by atoms with Gasteiger partial charge in [-0.1, -0.05) is 12.8 Å². The molecular formula is C18H16N6O. The van der Waals surface area contributed by atoms with Gasteiger partial charge in [0.1, 0.15) is 0 Å². The highest BCUT2D eigenvalue weighted by Gasteiger charge is 2.19. The Hall–Kier alpha value is -3.09. The summed E-state index contributed by atoms with van der Waals surface area (Å²) in [6, 6.07) is 5.98. The lowest BCUT2D eigenvalue weighted by molar-refractivity contribution is 0.505. The molecule has 0 atom stereocenters. The number of hydrogen-bond acceptors (Lipinski definition) is 5. The number of pyridine rings is 2. The summed E-state index contributed by atoms with van der Waals surface area (Å²) in [5.41, 5.74) is 1.55. The quantitative estimate of drug-likeness (QED) is 0.564. The molecule has 4 heterocycles. The van der Waals surface area contributed by atoms with Gasteiger partial charge in [-0.2, -0.15) is 9.50 Å². The molecule has 4 aromatic heterocycles. The van der Waals surface area contributed by atoms with Crippen LogP contribution in [0.4, 0.5) is 0 Å². The minimum absolute atomic E-state index is 0.00257. The van der Waals surface area contributed by atoms with Crippen molar-refractivity contribution in [3.05, 3.63) is 53.3 Å². The van der Waals surface area contributed by atoms with Gasteiger partial charge in [0.15, 0.2) is 5.82 Å². The molecule has 7 nitrogen and oxygen atoms in total. The predicted molar refractivity (Wildman–Crippen MR) is 93.3 cm³/mol. The van der Waals surface area contributed by atoms with Gasteiger partial charge in [0, 0.05) is 36.4 Å². The average molecular weight is 332 g/mol. The van der Waals surface area contributed by atoms with Crippen molar-refractivity contribution in [1.29, 1.82) is 0 Å². The van der Waals surface area contributed by atoms with Gasteiger partial charge in [0.2, 0.25) is 0 Å². The monoisotopic (exact) mass is 332 g/mol. The maximum atomic E-state index is 12.9. The molecule has 7 heteroatoms. The maximum absolute atomic E-state index is 12.9. The minimum Gasteiger partial charge on any atom is -0.312 e. The highest BCUT2D eigenvalue weighted by molar-refractivity contribution is 5.79. The van der Waals surface area contributed by atoms with Crippen molar-refractivity contribution in [2.75, 3.05) is 0 Å². The van der Waals surface area contributed by atoms with Crippen molar-refractivity contribution >= 4 is 16.7 Å². The Labute approximate surface area is 143 Å². The topological polar surface area (TPSA) is 78.0 Å². The molecule has 25 heavy (non-hydrogen) atoms. The van der Waals surface area contributed by atoms with Crippen molar-refractivity contribution in [1.82, 2.24) is 29.1 Å². The van der Waals surface area contributed by atoms with E-state index in [-0.39, 0.29) is 5.56 Å². The van der Waals surface area contributed by atoms with Gasteiger partial charge in [0.05, 0.1) is 10.9 Å². The first-order valence-corrected chi connectivity index (χ1v) is 8.48. The lowest BCUT2D eigenvalue weighted by Gasteiger charge is -2.13. The molecule has 1 fully saturated rings. The summed E-state index contributed by atoms with van der Waals surface area (Å²) in [4.78, 5) is 25.8. The molecule has 1 aliphatic carbocycles.